The van der Waals surface area contributed by atoms with Crippen molar-refractivity contribution in [3.8, 4) is 0 Å². The predicted molar refractivity (Wildman–Crippen MR) is 81.4 cm³/mol. The molecule has 0 aromatic carbocycles. The summed E-state index contributed by atoms with van der Waals surface area (Å²) >= 11 is 0. The Morgan fingerprint density at radius 2 is 1.59 bits per heavy atom. The van der Waals surface area contributed by atoms with Crippen molar-refractivity contribution < 1.29 is 59.8 Å². The summed E-state index contributed by atoms with van der Waals surface area (Å²) in [5.74, 6) is -7.62. The van der Waals surface area contributed by atoms with Crippen molar-refractivity contribution in [2.24, 2.45) is 0 Å². The van der Waals surface area contributed by atoms with Gasteiger partial charge in [-0.2, -0.15) is 0 Å². The number of hydrogen-bond donors (Lipinski definition) is 8. The molecule has 156 valence electrons. The summed E-state index contributed by atoms with van der Waals surface area (Å²) in [7, 11) is 0. The molecule has 9 atom stereocenters. The number of rotatable bonds is 7. The average Bonchev–Trinajstić information content (AvgIpc) is 3.18. The van der Waals surface area contributed by atoms with Gasteiger partial charge in [-0.15, -0.1) is 6.58 Å². The van der Waals surface area contributed by atoms with Crippen LogP contribution in [-0.4, -0.2) is 114 Å². The van der Waals surface area contributed by atoms with Gasteiger partial charge < -0.3 is 50.3 Å². The van der Waals surface area contributed by atoms with Crippen LogP contribution in [0.25, 0.3) is 0 Å². The molecule has 1 unspecified atom stereocenters. The Morgan fingerprint density at radius 1 is 0.963 bits per heavy atom. The number of epoxide rings is 1. The van der Waals surface area contributed by atoms with Crippen LogP contribution in [0.15, 0.2) is 12.7 Å². The van der Waals surface area contributed by atoms with E-state index in [4.69, 9.17) is 18.9 Å². The van der Waals surface area contributed by atoms with Crippen LogP contribution >= 0.6 is 0 Å². The molecule has 0 radical (unpaired) electrons. The third-order valence-corrected chi connectivity index (χ3v) is 5.24. The van der Waals surface area contributed by atoms with Crippen molar-refractivity contribution in [2.45, 2.75) is 60.1 Å². The zero-order chi connectivity index (χ0) is 20.3. The van der Waals surface area contributed by atoms with E-state index in [1.807, 2.05) is 0 Å². The van der Waals surface area contributed by atoms with Crippen molar-refractivity contribution in [1.29, 1.82) is 0 Å². The largest absolute Gasteiger partial charge is 0.394 e. The van der Waals surface area contributed by atoms with E-state index in [0.717, 1.165) is 0 Å². The average molecular weight is 396 g/mol. The molecule has 3 aliphatic rings. The lowest BCUT2D eigenvalue weighted by atomic mass is 9.81. The Balaban J connectivity index is 1.96. The highest BCUT2D eigenvalue weighted by Crippen LogP contribution is 2.62. The molecule has 0 aromatic heterocycles. The zero-order valence-electron chi connectivity index (χ0n) is 14.2. The second-order valence-corrected chi connectivity index (χ2v) is 6.85. The van der Waals surface area contributed by atoms with Gasteiger partial charge in [0.25, 0.3) is 5.79 Å². The summed E-state index contributed by atoms with van der Waals surface area (Å²) in [4.78, 5) is 0. The Hall–Kier alpha value is -0.740. The molecule has 0 aliphatic carbocycles. The minimum Gasteiger partial charge on any atom is -0.394 e. The Kier molecular flexibility index (Phi) is 5.17. The van der Waals surface area contributed by atoms with E-state index < -0.39 is 79.9 Å². The van der Waals surface area contributed by atoms with Crippen molar-refractivity contribution in [2.75, 3.05) is 19.8 Å². The molecule has 0 saturated carbocycles. The monoisotopic (exact) mass is 396 g/mol. The van der Waals surface area contributed by atoms with Gasteiger partial charge in [-0.1, -0.05) is 6.08 Å². The van der Waals surface area contributed by atoms with Crippen molar-refractivity contribution >= 4 is 0 Å². The zero-order valence-corrected chi connectivity index (χ0v) is 14.2. The molecule has 3 aliphatic heterocycles. The van der Waals surface area contributed by atoms with Gasteiger partial charge in [0.1, 0.15) is 37.1 Å². The summed E-state index contributed by atoms with van der Waals surface area (Å²) in [6.07, 6.45) is -7.37. The van der Waals surface area contributed by atoms with E-state index in [0.29, 0.717) is 0 Å². The van der Waals surface area contributed by atoms with Gasteiger partial charge in [0.05, 0.1) is 13.2 Å². The maximum atomic E-state index is 10.8. The molecule has 0 spiro atoms. The van der Waals surface area contributed by atoms with E-state index in [1.165, 1.54) is 6.08 Å². The van der Waals surface area contributed by atoms with E-state index in [9.17, 15) is 40.9 Å². The molecule has 3 heterocycles. The lowest BCUT2D eigenvalue weighted by Gasteiger charge is -2.44. The summed E-state index contributed by atoms with van der Waals surface area (Å²) < 4.78 is 20.9. The number of hydrogen-bond acceptors (Lipinski definition) is 12. The Bertz CT molecular complexity index is 589. The number of aliphatic hydroxyl groups is 8. The summed E-state index contributed by atoms with van der Waals surface area (Å²) in [5, 5.41) is 80.3. The van der Waals surface area contributed by atoms with E-state index in [2.05, 4.69) is 6.58 Å². The first kappa shape index (κ1) is 21.0. The van der Waals surface area contributed by atoms with E-state index >= 15 is 0 Å². The molecule has 27 heavy (non-hydrogen) atoms. The lowest BCUT2D eigenvalue weighted by Crippen LogP contribution is -2.69. The van der Waals surface area contributed by atoms with E-state index in [-0.39, 0.29) is 0 Å². The first-order valence-corrected chi connectivity index (χ1v) is 8.28. The molecule has 12 heteroatoms. The molecule has 3 fully saturated rings. The topological polar surface area (TPSA) is 202 Å². The quantitative estimate of drug-likeness (QED) is 0.151. The fourth-order valence-electron chi connectivity index (χ4n) is 3.61. The molecule has 3 rings (SSSR count). The fraction of sp³-hybridized carbons (Fsp3) is 0.867. The molecule has 3 saturated heterocycles. The molecular formula is C15H24O12. The normalized spacial score (nSPS) is 54.6. The van der Waals surface area contributed by atoms with Gasteiger partial charge in [-0.05, 0) is 0 Å². The molecule has 0 amide bonds. The molecule has 8 N–H and O–H groups in total. The predicted octanol–water partition coefficient (Wildman–Crippen LogP) is -4.76. The number of ether oxygens (including phenoxy) is 4. The van der Waals surface area contributed by atoms with Crippen LogP contribution in [0.2, 0.25) is 0 Å². The van der Waals surface area contributed by atoms with Gasteiger partial charge in [0.15, 0.2) is 5.60 Å². The molecule has 12 nitrogen and oxygen atoms in total. The van der Waals surface area contributed by atoms with Crippen molar-refractivity contribution in [3.63, 3.8) is 0 Å². The molecule has 0 aromatic rings. The van der Waals surface area contributed by atoms with Crippen molar-refractivity contribution in [1.82, 2.24) is 0 Å². The smallest absolute Gasteiger partial charge is 0.349 e. The Labute approximate surface area is 153 Å². The number of aliphatic hydroxyl groups excluding tert-OH is 6. The third kappa shape index (κ3) is 2.62. The van der Waals surface area contributed by atoms with Gasteiger partial charge in [0, 0.05) is 6.42 Å². The van der Waals surface area contributed by atoms with Gasteiger partial charge in [-0.3, -0.25) is 9.47 Å². The molecular weight excluding hydrogens is 372 g/mol. The maximum Gasteiger partial charge on any atom is 0.349 e. The van der Waals surface area contributed by atoms with Crippen LogP contribution in [0, 0.1) is 0 Å². The van der Waals surface area contributed by atoms with Gasteiger partial charge in [0.2, 0.25) is 5.79 Å². The highest BCUT2D eigenvalue weighted by molar-refractivity contribution is 5.20. The SMILES string of the molecule is C=CC[C@]1(O)[C@H](O)[C@@H](CO)O[C@]2(OC3(CO)O[C@H](CO)[C@@H](O)[C@@H]3O)O[C@]21O. The Morgan fingerprint density at radius 3 is 2.07 bits per heavy atom. The summed E-state index contributed by atoms with van der Waals surface area (Å²) in [6.45, 7) is 0.839. The standard InChI is InChI=1S/C15H24O12/c1-2-3-12(22)10(20)8(5-17)25-15(14(12,23)27-15)26-13(6-18)11(21)9(19)7(4-16)24-13/h2,7-11,16-23H,1,3-6H2/t7-,8-,9-,10-,11+,12+,13?,14+,15-/m1/s1. The third-order valence-electron chi connectivity index (χ3n) is 5.24. The van der Waals surface area contributed by atoms with Gasteiger partial charge in [-0.25, -0.2) is 0 Å². The first-order chi connectivity index (χ1) is 12.6. The minimum absolute atomic E-state index is 0.396. The highest BCUT2D eigenvalue weighted by atomic mass is 17.0. The number of fused-ring (bicyclic) bond motifs is 1. The van der Waals surface area contributed by atoms with Crippen LogP contribution < -0.4 is 0 Å². The highest BCUT2D eigenvalue weighted by Gasteiger charge is 2.89. The minimum atomic E-state index is -2.67. The van der Waals surface area contributed by atoms with Crippen LogP contribution in [0.5, 0.6) is 0 Å². The summed E-state index contributed by atoms with van der Waals surface area (Å²) in [5.41, 5.74) is -2.42. The second-order valence-electron chi connectivity index (χ2n) is 6.85. The lowest BCUT2D eigenvalue weighted by molar-refractivity contribution is -0.409. The van der Waals surface area contributed by atoms with Crippen LogP contribution in [0.4, 0.5) is 0 Å². The second kappa shape index (κ2) is 6.66. The van der Waals surface area contributed by atoms with Crippen LogP contribution in [0.3, 0.4) is 0 Å². The summed E-state index contributed by atoms with van der Waals surface area (Å²) in [6, 6.07) is 0. The maximum absolute atomic E-state index is 10.8. The first-order valence-electron chi connectivity index (χ1n) is 8.28. The van der Waals surface area contributed by atoms with Crippen LogP contribution in [-0.2, 0) is 18.9 Å². The van der Waals surface area contributed by atoms with Crippen molar-refractivity contribution in [3.05, 3.63) is 12.7 Å². The van der Waals surface area contributed by atoms with E-state index in [1.54, 1.807) is 0 Å². The van der Waals surface area contributed by atoms with Crippen LogP contribution in [0.1, 0.15) is 6.42 Å². The molecule has 0 bridgehead atoms. The van der Waals surface area contributed by atoms with Gasteiger partial charge >= 0.3 is 5.97 Å². The fourth-order valence-corrected chi connectivity index (χ4v) is 3.61.